The third-order valence-electron chi connectivity index (χ3n) is 4.19. The Balaban J connectivity index is 1.51. The Hall–Kier alpha value is -4.20. The summed E-state index contributed by atoms with van der Waals surface area (Å²) >= 11 is 0. The third kappa shape index (κ3) is 6.40. The van der Waals surface area contributed by atoms with Crippen LogP contribution in [0.2, 0.25) is 0 Å². The first-order valence-electron chi connectivity index (χ1n) is 9.58. The average Bonchev–Trinajstić information content (AvgIpc) is 2.79. The number of benzene rings is 2. The first-order chi connectivity index (χ1) is 15.0. The molecule has 0 fully saturated rings. The highest BCUT2D eigenvalue weighted by atomic mass is 16.7. The Kier molecular flexibility index (Phi) is 7.31. The maximum Gasteiger partial charge on any atom is 0.513 e. The zero-order chi connectivity index (χ0) is 22.1. The van der Waals surface area contributed by atoms with Gasteiger partial charge in [-0.25, -0.2) is 4.79 Å². The van der Waals surface area contributed by atoms with Crippen LogP contribution in [0.25, 0.3) is 0 Å². The number of nitrogens with one attached hydrogen (secondary N) is 2. The topological polar surface area (TPSA) is 107 Å². The van der Waals surface area contributed by atoms with Crippen LogP contribution >= 0.6 is 0 Å². The van der Waals surface area contributed by atoms with E-state index in [2.05, 4.69) is 15.6 Å². The molecular formula is C23H21N3O5. The number of aromatic nitrogens is 1. The molecule has 0 saturated carbocycles. The van der Waals surface area contributed by atoms with Crippen LogP contribution in [-0.4, -0.2) is 29.6 Å². The minimum absolute atomic E-state index is 0.185. The van der Waals surface area contributed by atoms with Gasteiger partial charge in [-0.3, -0.25) is 14.6 Å². The molecule has 0 aliphatic carbocycles. The number of hydrogen-bond acceptors (Lipinski definition) is 6. The maximum atomic E-state index is 12.4. The van der Waals surface area contributed by atoms with E-state index >= 15 is 0 Å². The van der Waals surface area contributed by atoms with E-state index in [1.807, 2.05) is 12.1 Å². The van der Waals surface area contributed by atoms with Crippen molar-refractivity contribution in [3.63, 3.8) is 0 Å². The second-order valence-electron chi connectivity index (χ2n) is 6.38. The minimum Gasteiger partial charge on any atom is -0.434 e. The summed E-state index contributed by atoms with van der Waals surface area (Å²) in [7, 11) is 0. The quantitative estimate of drug-likeness (QED) is 0.446. The van der Waals surface area contributed by atoms with Crippen LogP contribution < -0.4 is 15.4 Å². The second-order valence-corrected chi connectivity index (χ2v) is 6.38. The SMILES string of the molecule is CCOC(=O)Oc1ccc(C(=O)Nc2ccc(CNC(=O)c3ccncc3)cc2)cc1. The molecular weight excluding hydrogens is 398 g/mol. The molecule has 31 heavy (non-hydrogen) atoms. The number of ether oxygens (including phenoxy) is 2. The molecule has 0 spiro atoms. The van der Waals surface area contributed by atoms with Crippen molar-refractivity contribution in [3.8, 4) is 5.75 Å². The molecule has 0 unspecified atom stereocenters. The van der Waals surface area contributed by atoms with Crippen LogP contribution in [-0.2, 0) is 11.3 Å². The van der Waals surface area contributed by atoms with Gasteiger partial charge in [-0.15, -0.1) is 0 Å². The Morgan fingerprint density at radius 2 is 1.48 bits per heavy atom. The Morgan fingerprint density at radius 3 is 2.13 bits per heavy atom. The molecule has 2 aromatic carbocycles. The van der Waals surface area contributed by atoms with Gasteiger partial charge in [-0.05, 0) is 61.0 Å². The lowest BCUT2D eigenvalue weighted by Gasteiger charge is -2.09. The number of rotatable bonds is 7. The monoisotopic (exact) mass is 419 g/mol. The van der Waals surface area contributed by atoms with E-state index in [0.717, 1.165) is 5.56 Å². The van der Waals surface area contributed by atoms with Crippen molar-refractivity contribution in [2.75, 3.05) is 11.9 Å². The normalized spacial score (nSPS) is 10.1. The predicted octanol–water partition coefficient (Wildman–Crippen LogP) is 3.80. The van der Waals surface area contributed by atoms with E-state index < -0.39 is 6.16 Å². The average molecular weight is 419 g/mol. The molecule has 2 N–H and O–H groups in total. The van der Waals surface area contributed by atoms with Crippen LogP contribution in [0.15, 0.2) is 73.1 Å². The standard InChI is InChI=1S/C23H21N3O5/c1-2-30-23(29)31-20-9-5-17(6-10-20)22(28)26-19-7-3-16(4-8-19)15-25-21(27)18-11-13-24-14-12-18/h3-14H,2,15H2,1H3,(H,25,27)(H,26,28). The van der Waals surface area contributed by atoms with Crippen molar-refractivity contribution in [2.24, 2.45) is 0 Å². The van der Waals surface area contributed by atoms with Crippen molar-refractivity contribution >= 4 is 23.7 Å². The fourth-order valence-corrected chi connectivity index (χ4v) is 2.61. The number of carbonyl (C=O) groups is 3. The molecule has 0 radical (unpaired) electrons. The van der Waals surface area contributed by atoms with E-state index in [1.54, 1.807) is 55.7 Å². The van der Waals surface area contributed by atoms with Gasteiger partial charge in [0, 0.05) is 35.8 Å². The number of nitrogens with zero attached hydrogens (tertiary/aromatic N) is 1. The van der Waals surface area contributed by atoms with Gasteiger partial charge in [0.1, 0.15) is 5.75 Å². The van der Waals surface area contributed by atoms with Crippen LogP contribution in [0.1, 0.15) is 33.2 Å². The lowest BCUT2D eigenvalue weighted by atomic mass is 10.1. The molecule has 0 bridgehead atoms. The van der Waals surface area contributed by atoms with Crippen molar-refractivity contribution in [2.45, 2.75) is 13.5 Å². The van der Waals surface area contributed by atoms with Gasteiger partial charge < -0.3 is 20.1 Å². The van der Waals surface area contributed by atoms with Crippen LogP contribution in [0, 0.1) is 0 Å². The molecule has 3 aromatic rings. The molecule has 0 aliphatic heterocycles. The highest BCUT2D eigenvalue weighted by molar-refractivity contribution is 6.04. The van der Waals surface area contributed by atoms with Crippen LogP contribution in [0.3, 0.4) is 0 Å². The highest BCUT2D eigenvalue weighted by Crippen LogP contribution is 2.15. The summed E-state index contributed by atoms with van der Waals surface area (Å²) in [4.78, 5) is 39.7. The van der Waals surface area contributed by atoms with Gasteiger partial charge in [0.15, 0.2) is 0 Å². The third-order valence-corrected chi connectivity index (χ3v) is 4.19. The molecule has 8 nitrogen and oxygen atoms in total. The Morgan fingerprint density at radius 1 is 0.839 bits per heavy atom. The van der Waals surface area contributed by atoms with E-state index in [1.165, 1.54) is 12.1 Å². The van der Waals surface area contributed by atoms with Crippen molar-refractivity contribution < 1.29 is 23.9 Å². The molecule has 8 heteroatoms. The van der Waals surface area contributed by atoms with Crippen LogP contribution in [0.5, 0.6) is 5.75 Å². The summed E-state index contributed by atoms with van der Waals surface area (Å²) in [5.74, 6) is -0.204. The lowest BCUT2D eigenvalue weighted by Crippen LogP contribution is -2.22. The zero-order valence-corrected chi connectivity index (χ0v) is 16.8. The largest absolute Gasteiger partial charge is 0.513 e. The Bertz CT molecular complexity index is 1040. The van der Waals surface area contributed by atoms with E-state index in [0.29, 0.717) is 23.4 Å². The number of amides is 2. The molecule has 0 saturated heterocycles. The Labute approximate surface area is 179 Å². The van der Waals surface area contributed by atoms with E-state index in [-0.39, 0.29) is 24.2 Å². The molecule has 0 aliphatic rings. The van der Waals surface area contributed by atoms with Crippen LogP contribution in [0.4, 0.5) is 10.5 Å². The van der Waals surface area contributed by atoms with Gasteiger partial charge in [-0.1, -0.05) is 12.1 Å². The zero-order valence-electron chi connectivity index (χ0n) is 16.8. The summed E-state index contributed by atoms with van der Waals surface area (Å²) < 4.78 is 9.66. The number of pyridine rings is 1. The molecule has 0 atom stereocenters. The highest BCUT2D eigenvalue weighted by Gasteiger charge is 2.09. The lowest BCUT2D eigenvalue weighted by molar-refractivity contribution is 0.0949. The van der Waals surface area contributed by atoms with E-state index in [9.17, 15) is 14.4 Å². The maximum absolute atomic E-state index is 12.4. The van der Waals surface area contributed by atoms with Gasteiger partial charge >= 0.3 is 6.16 Å². The summed E-state index contributed by atoms with van der Waals surface area (Å²) in [6.45, 7) is 2.26. The smallest absolute Gasteiger partial charge is 0.434 e. The molecule has 2 amide bonds. The van der Waals surface area contributed by atoms with Crippen molar-refractivity contribution in [1.82, 2.24) is 10.3 Å². The molecule has 1 heterocycles. The van der Waals surface area contributed by atoms with Crippen molar-refractivity contribution in [1.29, 1.82) is 0 Å². The number of anilines is 1. The molecule has 3 rings (SSSR count). The molecule has 158 valence electrons. The van der Waals surface area contributed by atoms with Crippen molar-refractivity contribution in [3.05, 3.63) is 89.7 Å². The number of carbonyl (C=O) groups excluding carboxylic acids is 3. The van der Waals surface area contributed by atoms with Gasteiger partial charge in [0.05, 0.1) is 6.61 Å². The van der Waals surface area contributed by atoms with E-state index in [4.69, 9.17) is 9.47 Å². The fourth-order valence-electron chi connectivity index (χ4n) is 2.61. The summed E-state index contributed by atoms with van der Waals surface area (Å²) in [5, 5.41) is 5.62. The number of hydrogen-bond donors (Lipinski definition) is 2. The summed E-state index contributed by atoms with van der Waals surface area (Å²) in [5.41, 5.74) is 2.45. The first-order valence-corrected chi connectivity index (χ1v) is 9.58. The summed E-state index contributed by atoms with van der Waals surface area (Å²) in [6, 6.07) is 16.6. The van der Waals surface area contributed by atoms with Gasteiger partial charge in [0.25, 0.3) is 11.8 Å². The second kappa shape index (κ2) is 10.5. The fraction of sp³-hybridized carbons (Fsp3) is 0.130. The van der Waals surface area contributed by atoms with Gasteiger partial charge in [0.2, 0.25) is 0 Å². The molecule has 1 aromatic heterocycles. The van der Waals surface area contributed by atoms with Gasteiger partial charge in [-0.2, -0.15) is 0 Å². The first kappa shape index (κ1) is 21.5. The predicted molar refractivity (Wildman–Crippen MR) is 114 cm³/mol. The minimum atomic E-state index is -0.795. The summed E-state index contributed by atoms with van der Waals surface area (Å²) in [6.07, 6.45) is 2.33.